The highest BCUT2D eigenvalue weighted by Crippen LogP contribution is 2.35. The molecule has 0 unspecified atom stereocenters. The number of carbonyl (C=O) groups excluding carboxylic acids is 1. The Hall–Kier alpha value is -2.87. The number of fused-ring (bicyclic) bond motifs is 1. The molecule has 1 heterocycles. The van der Waals surface area contributed by atoms with E-state index in [1.165, 1.54) is 0 Å². The van der Waals surface area contributed by atoms with Gasteiger partial charge in [0, 0.05) is 13.6 Å². The predicted molar refractivity (Wildman–Crippen MR) is 101 cm³/mol. The molecule has 2 aromatic carbocycles. The van der Waals surface area contributed by atoms with E-state index < -0.39 is 0 Å². The summed E-state index contributed by atoms with van der Waals surface area (Å²) >= 11 is 0. The summed E-state index contributed by atoms with van der Waals surface area (Å²) in [6.45, 7) is 6.39. The van der Waals surface area contributed by atoms with E-state index in [1.54, 1.807) is 11.0 Å². The second kappa shape index (κ2) is 6.71. The molecule has 0 fully saturated rings. The van der Waals surface area contributed by atoms with Crippen LogP contribution in [-0.2, 0) is 6.54 Å². The normalized spacial score (nSPS) is 14.3. The minimum Gasteiger partial charge on any atom is -0.337 e. The van der Waals surface area contributed by atoms with Gasteiger partial charge in [-0.15, -0.1) is 0 Å². The van der Waals surface area contributed by atoms with Gasteiger partial charge < -0.3 is 4.90 Å². The molecule has 0 aliphatic carbocycles. The average Bonchev–Trinajstić information content (AvgIpc) is 2.90. The topological polar surface area (TPSA) is 20.3 Å². The molecule has 0 atom stereocenters. The first-order chi connectivity index (χ1) is 11.7. The number of benzene rings is 2. The third-order valence-electron chi connectivity index (χ3n) is 4.33. The van der Waals surface area contributed by atoms with Gasteiger partial charge in [-0.25, -0.2) is 0 Å². The summed E-state index contributed by atoms with van der Waals surface area (Å²) in [6, 6.07) is 14.5. The molecule has 2 nitrogen and oxygen atoms in total. The van der Waals surface area contributed by atoms with E-state index in [2.05, 4.69) is 30.8 Å². The van der Waals surface area contributed by atoms with Crippen molar-refractivity contribution in [3.63, 3.8) is 0 Å². The lowest BCUT2D eigenvalue weighted by molar-refractivity contribution is 0.0816. The summed E-state index contributed by atoms with van der Waals surface area (Å²) in [5, 5.41) is 0. The molecule has 0 saturated carbocycles. The first kappa shape index (κ1) is 16.0. The van der Waals surface area contributed by atoms with E-state index in [0.29, 0.717) is 6.54 Å². The Balaban J connectivity index is 2.23. The molecule has 3 rings (SSSR count). The predicted octanol–water partition coefficient (Wildman–Crippen LogP) is 5.08. The van der Waals surface area contributed by atoms with E-state index in [9.17, 15) is 4.79 Å². The Morgan fingerprint density at radius 2 is 1.92 bits per heavy atom. The lowest BCUT2D eigenvalue weighted by Gasteiger charge is -2.12. The summed E-state index contributed by atoms with van der Waals surface area (Å²) in [6.07, 6.45) is 7.69. The second-order valence-corrected chi connectivity index (χ2v) is 5.92. The largest absolute Gasteiger partial charge is 0.337 e. The van der Waals surface area contributed by atoms with Crippen LogP contribution in [0.4, 0.5) is 0 Å². The van der Waals surface area contributed by atoms with Gasteiger partial charge in [0.1, 0.15) is 0 Å². The van der Waals surface area contributed by atoms with Crippen molar-refractivity contribution in [2.24, 2.45) is 0 Å². The molecule has 120 valence electrons. The van der Waals surface area contributed by atoms with Gasteiger partial charge in [-0.1, -0.05) is 61.2 Å². The zero-order valence-corrected chi connectivity index (χ0v) is 14.1. The number of carbonyl (C=O) groups is 1. The first-order valence-corrected chi connectivity index (χ1v) is 8.09. The van der Waals surface area contributed by atoms with Gasteiger partial charge in [-0.05, 0) is 46.9 Å². The van der Waals surface area contributed by atoms with Crippen LogP contribution in [0.25, 0.3) is 16.7 Å². The van der Waals surface area contributed by atoms with E-state index in [1.807, 2.05) is 50.4 Å². The van der Waals surface area contributed by atoms with Crippen molar-refractivity contribution in [1.29, 1.82) is 0 Å². The van der Waals surface area contributed by atoms with Crippen LogP contribution < -0.4 is 0 Å². The van der Waals surface area contributed by atoms with Gasteiger partial charge in [0.05, 0.1) is 5.56 Å². The summed E-state index contributed by atoms with van der Waals surface area (Å²) in [4.78, 5) is 14.4. The Bertz CT molecular complexity index is 844. The highest BCUT2D eigenvalue weighted by molar-refractivity contribution is 6.04. The van der Waals surface area contributed by atoms with Crippen molar-refractivity contribution in [3.8, 4) is 11.1 Å². The molecule has 0 radical (unpaired) electrons. The molecule has 1 aliphatic rings. The van der Waals surface area contributed by atoms with Gasteiger partial charge in [0.2, 0.25) is 0 Å². The van der Waals surface area contributed by atoms with Crippen molar-refractivity contribution in [3.05, 3.63) is 90.0 Å². The maximum atomic E-state index is 12.6. The van der Waals surface area contributed by atoms with Crippen LogP contribution in [-0.4, -0.2) is 17.9 Å². The third-order valence-corrected chi connectivity index (χ3v) is 4.33. The number of rotatable bonds is 4. The molecular weight excluding hydrogens is 294 g/mol. The molecule has 1 aliphatic heterocycles. The highest BCUT2D eigenvalue weighted by Gasteiger charge is 2.28. The number of allylic oxidation sites excluding steroid dienone is 5. The van der Waals surface area contributed by atoms with Gasteiger partial charge in [0.25, 0.3) is 5.91 Å². The molecular formula is C22H21NO. The number of nitrogens with zero attached hydrogens (tertiary/aromatic N) is 1. The summed E-state index contributed by atoms with van der Waals surface area (Å²) in [5.74, 6) is 0.0889. The summed E-state index contributed by atoms with van der Waals surface area (Å²) < 4.78 is 0. The van der Waals surface area contributed by atoms with Crippen LogP contribution in [0, 0.1) is 0 Å². The van der Waals surface area contributed by atoms with Crippen molar-refractivity contribution >= 4 is 11.5 Å². The molecule has 0 saturated heterocycles. The third kappa shape index (κ3) is 2.83. The molecule has 2 aromatic rings. The summed E-state index contributed by atoms with van der Waals surface area (Å²) in [7, 11) is 1.85. The molecule has 0 aromatic heterocycles. The monoisotopic (exact) mass is 315 g/mol. The maximum Gasteiger partial charge on any atom is 0.254 e. The zero-order chi connectivity index (χ0) is 17.1. The molecule has 0 bridgehead atoms. The standard InChI is InChI=1S/C22H21NO/c1-4-6-10-16(5-2)20-14-18(17-11-8-7-9-12-17)13-19-15-23(3)22(24)21(19)20/h4-14H,1,15H2,2-3H3/b10-6-,16-5+. The number of hydrogen-bond acceptors (Lipinski definition) is 1. The van der Waals surface area contributed by atoms with Crippen molar-refractivity contribution < 1.29 is 4.79 Å². The highest BCUT2D eigenvalue weighted by atomic mass is 16.2. The van der Waals surface area contributed by atoms with E-state index in [4.69, 9.17) is 0 Å². The number of amides is 1. The minimum absolute atomic E-state index is 0.0889. The van der Waals surface area contributed by atoms with E-state index >= 15 is 0 Å². The fourth-order valence-corrected chi connectivity index (χ4v) is 3.14. The fourth-order valence-electron chi connectivity index (χ4n) is 3.14. The zero-order valence-electron chi connectivity index (χ0n) is 14.1. The lowest BCUT2D eigenvalue weighted by Crippen LogP contribution is -2.18. The molecule has 2 heteroatoms. The molecule has 0 spiro atoms. The van der Waals surface area contributed by atoms with Gasteiger partial charge in [0.15, 0.2) is 0 Å². The second-order valence-electron chi connectivity index (χ2n) is 5.92. The van der Waals surface area contributed by atoms with Gasteiger partial charge in [-0.2, -0.15) is 0 Å². The van der Waals surface area contributed by atoms with Gasteiger partial charge >= 0.3 is 0 Å². The quantitative estimate of drug-likeness (QED) is 0.720. The van der Waals surface area contributed by atoms with E-state index in [0.717, 1.165) is 33.4 Å². The Morgan fingerprint density at radius 3 is 2.58 bits per heavy atom. The fraction of sp³-hybridized carbons (Fsp3) is 0.136. The lowest BCUT2D eigenvalue weighted by atomic mass is 9.91. The van der Waals surface area contributed by atoms with Crippen LogP contribution in [0.1, 0.15) is 28.4 Å². The Kier molecular flexibility index (Phi) is 4.48. The Labute approximate surface area is 143 Å². The molecule has 24 heavy (non-hydrogen) atoms. The van der Waals surface area contributed by atoms with E-state index in [-0.39, 0.29) is 5.91 Å². The first-order valence-electron chi connectivity index (χ1n) is 8.09. The van der Waals surface area contributed by atoms with Crippen LogP contribution in [0.15, 0.2) is 73.3 Å². The van der Waals surface area contributed by atoms with Crippen molar-refractivity contribution in [1.82, 2.24) is 4.90 Å². The minimum atomic E-state index is 0.0889. The van der Waals surface area contributed by atoms with Crippen molar-refractivity contribution in [2.75, 3.05) is 7.05 Å². The molecule has 0 N–H and O–H groups in total. The number of hydrogen-bond donors (Lipinski definition) is 0. The van der Waals surface area contributed by atoms with Crippen LogP contribution in [0.2, 0.25) is 0 Å². The van der Waals surface area contributed by atoms with Crippen LogP contribution in [0.3, 0.4) is 0 Å². The molecule has 1 amide bonds. The van der Waals surface area contributed by atoms with Crippen LogP contribution >= 0.6 is 0 Å². The summed E-state index contributed by atoms with van der Waals surface area (Å²) in [5.41, 5.74) is 6.23. The smallest absolute Gasteiger partial charge is 0.254 e. The van der Waals surface area contributed by atoms with Crippen molar-refractivity contribution in [2.45, 2.75) is 13.5 Å². The Morgan fingerprint density at radius 1 is 1.17 bits per heavy atom. The van der Waals surface area contributed by atoms with Crippen LogP contribution in [0.5, 0.6) is 0 Å². The maximum absolute atomic E-state index is 12.6. The van der Waals surface area contributed by atoms with Gasteiger partial charge in [-0.3, -0.25) is 4.79 Å². The SMILES string of the molecule is C=C/C=C\C(=C/C)c1cc(-c2ccccc2)cc2c1C(=O)N(C)C2. The average molecular weight is 315 g/mol.